The number of ether oxygens (including phenoxy) is 1. The first-order chi connectivity index (χ1) is 9.81. The monoisotopic (exact) mass is 272 g/mol. The summed E-state index contributed by atoms with van der Waals surface area (Å²) in [4.78, 5) is 11.0. The van der Waals surface area contributed by atoms with Crippen LogP contribution in [-0.2, 0) is 0 Å². The zero-order valence-corrected chi connectivity index (χ0v) is 12.4. The van der Waals surface area contributed by atoms with E-state index in [9.17, 15) is 4.79 Å². The van der Waals surface area contributed by atoms with E-state index in [1.54, 1.807) is 6.07 Å². The largest absolute Gasteiger partial charge is 0.489 e. The Morgan fingerprint density at radius 2 is 1.60 bits per heavy atom. The summed E-state index contributed by atoms with van der Waals surface area (Å²) >= 11 is 0. The highest BCUT2D eigenvalue weighted by Crippen LogP contribution is 2.20. The minimum atomic E-state index is 0.0710. The molecule has 0 heterocycles. The SMILES string of the molecule is CCC=CCC(CC=CCC)Oc1ccccc1C=O. The molecule has 0 aliphatic carbocycles. The predicted octanol–water partition coefficient (Wildman–Crippen LogP) is 4.96. The highest BCUT2D eigenvalue weighted by Gasteiger charge is 2.10. The normalized spacial score (nSPS) is 12.9. The number of rotatable bonds is 9. The lowest BCUT2D eigenvalue weighted by molar-refractivity contribution is 0.111. The van der Waals surface area contributed by atoms with Crippen LogP contribution in [0.1, 0.15) is 49.9 Å². The van der Waals surface area contributed by atoms with Crippen LogP contribution < -0.4 is 4.74 Å². The fourth-order valence-corrected chi connectivity index (χ4v) is 1.89. The lowest BCUT2D eigenvalue weighted by Crippen LogP contribution is -2.15. The van der Waals surface area contributed by atoms with Gasteiger partial charge in [0.15, 0.2) is 6.29 Å². The van der Waals surface area contributed by atoms with E-state index in [0.29, 0.717) is 11.3 Å². The molecule has 108 valence electrons. The summed E-state index contributed by atoms with van der Waals surface area (Å²) in [7, 11) is 0. The van der Waals surface area contributed by atoms with Gasteiger partial charge in [0.05, 0.1) is 5.56 Å². The van der Waals surface area contributed by atoms with Crippen LogP contribution in [0.25, 0.3) is 0 Å². The first-order valence-corrected chi connectivity index (χ1v) is 7.32. The van der Waals surface area contributed by atoms with Crippen molar-refractivity contribution in [3.05, 3.63) is 54.1 Å². The Bertz CT molecular complexity index is 430. The van der Waals surface area contributed by atoms with Gasteiger partial charge in [-0.25, -0.2) is 0 Å². The summed E-state index contributed by atoms with van der Waals surface area (Å²) in [6, 6.07) is 7.37. The van der Waals surface area contributed by atoms with E-state index < -0.39 is 0 Å². The van der Waals surface area contributed by atoms with Gasteiger partial charge < -0.3 is 4.74 Å². The van der Waals surface area contributed by atoms with Gasteiger partial charge in [-0.1, -0.05) is 50.3 Å². The fourth-order valence-electron chi connectivity index (χ4n) is 1.89. The smallest absolute Gasteiger partial charge is 0.153 e. The van der Waals surface area contributed by atoms with Gasteiger partial charge in [-0.2, -0.15) is 0 Å². The maximum atomic E-state index is 11.0. The molecule has 0 aliphatic rings. The molecule has 0 saturated carbocycles. The number of carbonyl (C=O) groups excluding carboxylic acids is 1. The molecule has 0 aromatic heterocycles. The van der Waals surface area contributed by atoms with E-state index in [1.165, 1.54) is 0 Å². The van der Waals surface area contributed by atoms with Crippen molar-refractivity contribution in [2.75, 3.05) is 0 Å². The van der Waals surface area contributed by atoms with E-state index >= 15 is 0 Å². The van der Waals surface area contributed by atoms with Crippen LogP contribution in [0.2, 0.25) is 0 Å². The molecule has 0 fully saturated rings. The molecule has 1 aromatic carbocycles. The maximum absolute atomic E-state index is 11.0. The molecule has 1 rings (SSSR count). The number of aldehydes is 1. The molecule has 0 saturated heterocycles. The van der Waals surface area contributed by atoms with Crippen LogP contribution >= 0.6 is 0 Å². The zero-order valence-electron chi connectivity index (χ0n) is 12.4. The first kappa shape index (κ1) is 16.2. The third-order valence-electron chi connectivity index (χ3n) is 2.94. The summed E-state index contributed by atoms with van der Waals surface area (Å²) in [5.41, 5.74) is 0.608. The Morgan fingerprint density at radius 1 is 1.00 bits per heavy atom. The van der Waals surface area contributed by atoms with Crippen LogP contribution in [0.3, 0.4) is 0 Å². The van der Waals surface area contributed by atoms with E-state index in [2.05, 4.69) is 38.2 Å². The molecule has 1 aromatic rings. The zero-order chi connectivity index (χ0) is 14.6. The number of hydrogen-bond acceptors (Lipinski definition) is 2. The van der Waals surface area contributed by atoms with E-state index in [-0.39, 0.29) is 6.10 Å². The quantitative estimate of drug-likeness (QED) is 0.469. The molecule has 0 aliphatic heterocycles. The molecule has 0 spiro atoms. The standard InChI is InChI=1S/C18H24O2/c1-3-5-7-12-17(13-8-6-4-2)20-18-14-10-9-11-16(18)15-19/h5-11,14-15,17H,3-4,12-13H2,1-2H3. The number of benzene rings is 1. The van der Waals surface area contributed by atoms with Crippen molar-refractivity contribution in [1.29, 1.82) is 0 Å². The van der Waals surface area contributed by atoms with Gasteiger partial charge in [-0.15, -0.1) is 0 Å². The Morgan fingerprint density at radius 3 is 2.15 bits per heavy atom. The predicted molar refractivity (Wildman–Crippen MR) is 84.3 cm³/mol. The molecule has 0 N–H and O–H groups in total. The maximum Gasteiger partial charge on any atom is 0.153 e. The third-order valence-corrected chi connectivity index (χ3v) is 2.94. The van der Waals surface area contributed by atoms with Crippen LogP contribution in [0.4, 0.5) is 0 Å². The second-order valence-corrected chi connectivity index (χ2v) is 4.63. The molecule has 2 nitrogen and oxygen atoms in total. The Kier molecular flexibility index (Phi) is 8.13. The lowest BCUT2D eigenvalue weighted by atomic mass is 10.1. The Hall–Kier alpha value is -1.83. The molecule has 2 heteroatoms. The summed E-state index contributed by atoms with van der Waals surface area (Å²) in [5, 5.41) is 0. The summed E-state index contributed by atoms with van der Waals surface area (Å²) in [6.45, 7) is 4.23. The van der Waals surface area contributed by atoms with E-state index in [0.717, 1.165) is 32.0 Å². The molecule has 20 heavy (non-hydrogen) atoms. The highest BCUT2D eigenvalue weighted by atomic mass is 16.5. The van der Waals surface area contributed by atoms with Crippen LogP contribution in [0.5, 0.6) is 5.75 Å². The molecular formula is C18H24O2. The molecule has 0 atom stereocenters. The third kappa shape index (κ3) is 5.87. The average molecular weight is 272 g/mol. The van der Waals surface area contributed by atoms with Crippen molar-refractivity contribution in [3.8, 4) is 5.75 Å². The number of hydrogen-bond donors (Lipinski definition) is 0. The number of para-hydroxylation sites is 1. The summed E-state index contributed by atoms with van der Waals surface area (Å²) in [5.74, 6) is 0.669. The molecule has 0 amide bonds. The highest BCUT2D eigenvalue weighted by molar-refractivity contribution is 5.79. The molecule has 0 bridgehead atoms. The minimum absolute atomic E-state index is 0.0710. The Balaban J connectivity index is 2.73. The minimum Gasteiger partial charge on any atom is -0.489 e. The first-order valence-electron chi connectivity index (χ1n) is 7.32. The van der Waals surface area contributed by atoms with Crippen LogP contribution in [0, 0.1) is 0 Å². The molecular weight excluding hydrogens is 248 g/mol. The van der Waals surface area contributed by atoms with Crippen molar-refractivity contribution in [3.63, 3.8) is 0 Å². The fraction of sp³-hybridized carbons (Fsp3) is 0.389. The van der Waals surface area contributed by atoms with Crippen LogP contribution in [-0.4, -0.2) is 12.4 Å². The van der Waals surface area contributed by atoms with Gasteiger partial charge in [0.2, 0.25) is 0 Å². The van der Waals surface area contributed by atoms with Gasteiger partial charge in [0.25, 0.3) is 0 Å². The second-order valence-electron chi connectivity index (χ2n) is 4.63. The Labute approximate surface area is 122 Å². The van der Waals surface area contributed by atoms with Gasteiger partial charge in [-0.3, -0.25) is 4.79 Å². The molecule has 0 unspecified atom stereocenters. The van der Waals surface area contributed by atoms with Gasteiger partial charge >= 0.3 is 0 Å². The van der Waals surface area contributed by atoms with Crippen molar-refractivity contribution in [2.24, 2.45) is 0 Å². The summed E-state index contributed by atoms with van der Waals surface area (Å²) in [6.07, 6.45) is 13.3. The van der Waals surface area contributed by atoms with Crippen molar-refractivity contribution >= 4 is 6.29 Å². The van der Waals surface area contributed by atoms with Crippen LogP contribution in [0.15, 0.2) is 48.6 Å². The average Bonchev–Trinajstić information content (AvgIpc) is 2.48. The second kappa shape index (κ2) is 10.0. The van der Waals surface area contributed by atoms with Gasteiger partial charge in [-0.05, 0) is 25.0 Å². The van der Waals surface area contributed by atoms with Gasteiger partial charge in [0, 0.05) is 12.8 Å². The van der Waals surface area contributed by atoms with Crippen molar-refractivity contribution in [2.45, 2.75) is 45.6 Å². The lowest BCUT2D eigenvalue weighted by Gasteiger charge is -2.17. The summed E-state index contributed by atoms with van der Waals surface area (Å²) < 4.78 is 6.00. The number of allylic oxidation sites excluding steroid dienone is 2. The van der Waals surface area contributed by atoms with E-state index in [4.69, 9.17) is 4.74 Å². The topological polar surface area (TPSA) is 26.3 Å². The van der Waals surface area contributed by atoms with Crippen molar-refractivity contribution < 1.29 is 9.53 Å². The number of carbonyl (C=O) groups is 1. The molecule has 0 radical (unpaired) electrons. The van der Waals surface area contributed by atoms with Crippen molar-refractivity contribution in [1.82, 2.24) is 0 Å². The van der Waals surface area contributed by atoms with Gasteiger partial charge in [0.1, 0.15) is 11.9 Å². The van der Waals surface area contributed by atoms with E-state index in [1.807, 2.05) is 18.2 Å².